The third kappa shape index (κ3) is 7.98. The normalized spacial score (nSPS) is 12.0. The van der Waals surface area contributed by atoms with E-state index in [1.807, 2.05) is 25.7 Å². The number of rotatable bonds is 7. The SMILES string of the molecule is C=CCN(C/C=C(\C)CCC=C(C)C)C(=O)C(C)(C)C. The van der Waals surface area contributed by atoms with Crippen LogP contribution >= 0.6 is 0 Å². The van der Waals surface area contributed by atoms with Crippen molar-refractivity contribution >= 4 is 5.91 Å². The zero-order valence-electron chi connectivity index (χ0n) is 14.1. The van der Waals surface area contributed by atoms with Gasteiger partial charge in [-0.2, -0.15) is 0 Å². The van der Waals surface area contributed by atoms with Crippen molar-refractivity contribution < 1.29 is 4.79 Å². The standard InChI is InChI=1S/C18H31NO/c1-8-13-19(17(20)18(5,6)7)14-12-16(4)11-9-10-15(2)3/h8,10,12H,1,9,11,13-14H2,2-7H3/b16-12+. The van der Waals surface area contributed by atoms with Crippen LogP contribution in [0.2, 0.25) is 0 Å². The molecule has 114 valence electrons. The van der Waals surface area contributed by atoms with Crippen LogP contribution in [0.5, 0.6) is 0 Å². The molecule has 0 saturated heterocycles. The molecule has 0 N–H and O–H groups in total. The van der Waals surface area contributed by atoms with Crippen molar-refractivity contribution in [3.8, 4) is 0 Å². The zero-order chi connectivity index (χ0) is 15.8. The Hall–Kier alpha value is -1.31. The van der Waals surface area contributed by atoms with Gasteiger partial charge in [-0.1, -0.05) is 50.1 Å². The van der Waals surface area contributed by atoms with Crippen LogP contribution < -0.4 is 0 Å². The van der Waals surface area contributed by atoms with Crippen LogP contribution in [0.3, 0.4) is 0 Å². The molecule has 0 spiro atoms. The molecule has 0 rings (SSSR count). The minimum absolute atomic E-state index is 0.172. The summed E-state index contributed by atoms with van der Waals surface area (Å²) in [6, 6.07) is 0. The van der Waals surface area contributed by atoms with Gasteiger partial charge in [0.2, 0.25) is 5.91 Å². The molecule has 0 aromatic rings. The molecule has 0 heterocycles. The summed E-state index contributed by atoms with van der Waals surface area (Å²) in [4.78, 5) is 14.2. The molecule has 0 bridgehead atoms. The Labute approximate surface area is 125 Å². The van der Waals surface area contributed by atoms with Gasteiger partial charge < -0.3 is 4.90 Å². The second kappa shape index (κ2) is 8.78. The highest BCUT2D eigenvalue weighted by Crippen LogP contribution is 2.17. The van der Waals surface area contributed by atoms with Crippen molar-refractivity contribution in [2.45, 2.75) is 54.4 Å². The molecule has 0 unspecified atom stereocenters. The molecule has 1 amide bonds. The average molecular weight is 277 g/mol. The summed E-state index contributed by atoms with van der Waals surface area (Å²) in [6.07, 6.45) is 8.32. The van der Waals surface area contributed by atoms with Crippen molar-refractivity contribution in [3.63, 3.8) is 0 Å². The van der Waals surface area contributed by atoms with E-state index in [0.717, 1.165) is 12.8 Å². The molecule has 0 fully saturated rings. The van der Waals surface area contributed by atoms with E-state index < -0.39 is 0 Å². The lowest BCUT2D eigenvalue weighted by Crippen LogP contribution is -2.39. The van der Waals surface area contributed by atoms with E-state index in [9.17, 15) is 4.79 Å². The van der Waals surface area contributed by atoms with E-state index >= 15 is 0 Å². The predicted octanol–water partition coefficient (Wildman–Crippen LogP) is 4.74. The maximum absolute atomic E-state index is 12.3. The highest BCUT2D eigenvalue weighted by Gasteiger charge is 2.25. The van der Waals surface area contributed by atoms with E-state index in [1.54, 1.807) is 6.08 Å². The number of carbonyl (C=O) groups is 1. The number of hydrogen-bond donors (Lipinski definition) is 0. The molecule has 0 atom stereocenters. The van der Waals surface area contributed by atoms with Gasteiger partial charge in [0.25, 0.3) is 0 Å². The Morgan fingerprint density at radius 3 is 2.15 bits per heavy atom. The first kappa shape index (κ1) is 18.7. The van der Waals surface area contributed by atoms with Gasteiger partial charge >= 0.3 is 0 Å². The fourth-order valence-corrected chi connectivity index (χ4v) is 1.83. The maximum atomic E-state index is 12.3. The highest BCUT2D eigenvalue weighted by atomic mass is 16.2. The Kier molecular flexibility index (Phi) is 8.21. The van der Waals surface area contributed by atoms with Crippen LogP contribution in [0.1, 0.15) is 54.4 Å². The summed E-state index contributed by atoms with van der Waals surface area (Å²) < 4.78 is 0. The summed E-state index contributed by atoms with van der Waals surface area (Å²) in [5, 5.41) is 0. The van der Waals surface area contributed by atoms with Crippen LogP contribution in [0.4, 0.5) is 0 Å². The number of carbonyl (C=O) groups excluding carboxylic acids is 1. The maximum Gasteiger partial charge on any atom is 0.228 e. The minimum atomic E-state index is -0.340. The summed E-state index contributed by atoms with van der Waals surface area (Å²) in [5.41, 5.74) is 2.35. The first-order chi connectivity index (χ1) is 9.18. The van der Waals surface area contributed by atoms with E-state index in [0.29, 0.717) is 13.1 Å². The first-order valence-corrected chi connectivity index (χ1v) is 7.37. The summed E-state index contributed by atoms with van der Waals surface area (Å²) in [6.45, 7) is 17.2. The van der Waals surface area contributed by atoms with Gasteiger partial charge in [-0.05, 0) is 33.6 Å². The largest absolute Gasteiger partial charge is 0.335 e. The molecule has 0 aliphatic heterocycles. The van der Waals surface area contributed by atoms with Crippen LogP contribution in [-0.4, -0.2) is 23.9 Å². The van der Waals surface area contributed by atoms with Crippen LogP contribution in [-0.2, 0) is 4.79 Å². The predicted molar refractivity (Wildman–Crippen MR) is 88.7 cm³/mol. The van der Waals surface area contributed by atoms with Gasteiger partial charge in [-0.25, -0.2) is 0 Å². The van der Waals surface area contributed by atoms with E-state index in [2.05, 4.69) is 39.5 Å². The molecule has 20 heavy (non-hydrogen) atoms. The fraction of sp³-hybridized carbons (Fsp3) is 0.611. The van der Waals surface area contributed by atoms with Crippen molar-refractivity contribution in [2.24, 2.45) is 5.41 Å². The quantitative estimate of drug-likeness (QED) is 0.615. The molecule has 0 saturated carbocycles. The highest BCUT2D eigenvalue weighted by molar-refractivity contribution is 5.81. The van der Waals surface area contributed by atoms with Crippen molar-refractivity contribution in [1.82, 2.24) is 4.90 Å². The van der Waals surface area contributed by atoms with Crippen LogP contribution in [0.15, 0.2) is 36.0 Å². The third-order valence-electron chi connectivity index (χ3n) is 3.03. The van der Waals surface area contributed by atoms with Gasteiger partial charge in [0.15, 0.2) is 0 Å². The van der Waals surface area contributed by atoms with Gasteiger partial charge in [-0.15, -0.1) is 6.58 Å². The second-order valence-electron chi connectivity index (χ2n) is 6.62. The van der Waals surface area contributed by atoms with Crippen molar-refractivity contribution in [3.05, 3.63) is 36.0 Å². The van der Waals surface area contributed by atoms with Gasteiger partial charge in [-0.3, -0.25) is 4.79 Å². The smallest absolute Gasteiger partial charge is 0.228 e. The fourth-order valence-electron chi connectivity index (χ4n) is 1.83. The van der Waals surface area contributed by atoms with Crippen molar-refractivity contribution in [1.29, 1.82) is 0 Å². The first-order valence-electron chi connectivity index (χ1n) is 7.37. The van der Waals surface area contributed by atoms with E-state index in [1.165, 1.54) is 11.1 Å². The molecule has 2 heteroatoms. The minimum Gasteiger partial charge on any atom is -0.335 e. The molecule has 2 nitrogen and oxygen atoms in total. The van der Waals surface area contributed by atoms with Gasteiger partial charge in [0.1, 0.15) is 0 Å². The topological polar surface area (TPSA) is 20.3 Å². The van der Waals surface area contributed by atoms with E-state index in [4.69, 9.17) is 0 Å². The number of hydrogen-bond acceptors (Lipinski definition) is 1. The molecule has 0 aliphatic carbocycles. The lowest BCUT2D eigenvalue weighted by Gasteiger charge is -2.28. The molecule has 0 aromatic heterocycles. The molecule has 0 radical (unpaired) electrons. The molecular formula is C18H31NO. The Balaban J connectivity index is 4.57. The molecule has 0 aromatic carbocycles. The summed E-state index contributed by atoms with van der Waals surface area (Å²) >= 11 is 0. The Morgan fingerprint density at radius 2 is 1.70 bits per heavy atom. The Bertz CT molecular complexity index is 379. The lowest BCUT2D eigenvalue weighted by atomic mass is 9.94. The van der Waals surface area contributed by atoms with Crippen LogP contribution in [0, 0.1) is 5.41 Å². The number of amides is 1. The number of allylic oxidation sites excluding steroid dienone is 3. The third-order valence-corrected chi connectivity index (χ3v) is 3.03. The van der Waals surface area contributed by atoms with E-state index in [-0.39, 0.29) is 11.3 Å². The Morgan fingerprint density at radius 1 is 1.10 bits per heavy atom. The zero-order valence-corrected chi connectivity index (χ0v) is 14.1. The van der Waals surface area contributed by atoms with Crippen molar-refractivity contribution in [2.75, 3.05) is 13.1 Å². The monoisotopic (exact) mass is 277 g/mol. The van der Waals surface area contributed by atoms with Gasteiger partial charge in [0, 0.05) is 18.5 Å². The molecular weight excluding hydrogens is 246 g/mol. The van der Waals surface area contributed by atoms with Gasteiger partial charge in [0.05, 0.1) is 0 Å². The lowest BCUT2D eigenvalue weighted by molar-refractivity contribution is -0.138. The summed E-state index contributed by atoms with van der Waals surface area (Å²) in [7, 11) is 0. The average Bonchev–Trinajstić information content (AvgIpc) is 2.32. The summed E-state index contributed by atoms with van der Waals surface area (Å²) in [5.74, 6) is 0.172. The number of nitrogens with zero attached hydrogens (tertiary/aromatic N) is 1. The van der Waals surface area contributed by atoms with Crippen LogP contribution in [0.25, 0.3) is 0 Å². The second-order valence-corrected chi connectivity index (χ2v) is 6.62. The molecule has 0 aliphatic rings.